The Morgan fingerprint density at radius 2 is 2.29 bits per heavy atom. The molecule has 1 amide bonds. The molecule has 0 radical (unpaired) electrons. The average molecular weight is 234 g/mol. The van der Waals surface area contributed by atoms with Crippen LogP contribution < -0.4 is 10.5 Å². The standard InChI is InChI=1S/C13H18N2O2/c1-8-3-6-12(17-2)15-11(8)7-10(13(14)16)9-4-5-9/h3,6,9-10H,4-5,7H2,1-2H3,(H2,14,16). The first-order valence-corrected chi connectivity index (χ1v) is 5.91. The van der Waals surface area contributed by atoms with E-state index in [1.807, 2.05) is 19.1 Å². The molecular weight excluding hydrogens is 216 g/mol. The normalized spacial score (nSPS) is 16.6. The van der Waals surface area contributed by atoms with Crippen molar-refractivity contribution in [1.29, 1.82) is 0 Å². The summed E-state index contributed by atoms with van der Waals surface area (Å²) in [7, 11) is 1.59. The molecule has 1 fully saturated rings. The van der Waals surface area contributed by atoms with Gasteiger partial charge in [0.2, 0.25) is 11.8 Å². The summed E-state index contributed by atoms with van der Waals surface area (Å²) < 4.78 is 5.10. The number of carbonyl (C=O) groups excluding carboxylic acids is 1. The van der Waals surface area contributed by atoms with E-state index in [0.717, 1.165) is 24.1 Å². The lowest BCUT2D eigenvalue weighted by Gasteiger charge is -2.13. The molecule has 0 aromatic carbocycles. The molecule has 2 rings (SSSR count). The quantitative estimate of drug-likeness (QED) is 0.838. The van der Waals surface area contributed by atoms with Gasteiger partial charge in [0.05, 0.1) is 7.11 Å². The summed E-state index contributed by atoms with van der Waals surface area (Å²) in [5.41, 5.74) is 7.45. The van der Waals surface area contributed by atoms with Crippen LogP contribution in [0.25, 0.3) is 0 Å². The van der Waals surface area contributed by atoms with Crippen molar-refractivity contribution in [3.05, 3.63) is 23.4 Å². The van der Waals surface area contributed by atoms with E-state index in [0.29, 0.717) is 18.2 Å². The summed E-state index contributed by atoms with van der Waals surface area (Å²) in [4.78, 5) is 15.8. The van der Waals surface area contributed by atoms with Crippen molar-refractivity contribution in [2.24, 2.45) is 17.6 Å². The minimum Gasteiger partial charge on any atom is -0.481 e. The Bertz CT molecular complexity index is 427. The lowest BCUT2D eigenvalue weighted by molar-refractivity contribution is -0.122. The molecule has 1 unspecified atom stereocenters. The third-order valence-electron chi connectivity index (χ3n) is 3.36. The maximum atomic E-state index is 11.4. The van der Waals surface area contributed by atoms with Crippen LogP contribution in [-0.2, 0) is 11.2 Å². The zero-order chi connectivity index (χ0) is 12.4. The minimum absolute atomic E-state index is 0.0756. The topological polar surface area (TPSA) is 65.2 Å². The Morgan fingerprint density at radius 1 is 1.59 bits per heavy atom. The van der Waals surface area contributed by atoms with E-state index in [4.69, 9.17) is 10.5 Å². The van der Waals surface area contributed by atoms with Crippen molar-refractivity contribution >= 4 is 5.91 Å². The van der Waals surface area contributed by atoms with E-state index >= 15 is 0 Å². The number of nitrogens with two attached hydrogens (primary N) is 1. The van der Waals surface area contributed by atoms with Gasteiger partial charge in [0.15, 0.2) is 0 Å². The Kier molecular flexibility index (Phi) is 3.31. The fourth-order valence-electron chi connectivity index (χ4n) is 2.08. The van der Waals surface area contributed by atoms with Crippen molar-refractivity contribution < 1.29 is 9.53 Å². The monoisotopic (exact) mass is 234 g/mol. The predicted molar refractivity (Wildman–Crippen MR) is 64.6 cm³/mol. The second-order valence-electron chi connectivity index (χ2n) is 4.67. The van der Waals surface area contributed by atoms with Crippen molar-refractivity contribution in [2.45, 2.75) is 26.2 Å². The molecule has 1 aromatic rings. The van der Waals surface area contributed by atoms with Gasteiger partial charge in [-0.1, -0.05) is 6.07 Å². The van der Waals surface area contributed by atoms with E-state index in [9.17, 15) is 4.79 Å². The number of hydrogen-bond donors (Lipinski definition) is 1. The summed E-state index contributed by atoms with van der Waals surface area (Å²) >= 11 is 0. The SMILES string of the molecule is COc1ccc(C)c(CC(C(N)=O)C2CC2)n1. The molecule has 1 aromatic heterocycles. The molecule has 0 spiro atoms. The molecule has 4 nitrogen and oxygen atoms in total. The number of aromatic nitrogens is 1. The van der Waals surface area contributed by atoms with E-state index in [-0.39, 0.29) is 11.8 Å². The van der Waals surface area contributed by atoms with Crippen LogP contribution in [0.2, 0.25) is 0 Å². The third kappa shape index (κ3) is 2.75. The van der Waals surface area contributed by atoms with E-state index in [1.165, 1.54) is 0 Å². The number of ether oxygens (including phenoxy) is 1. The molecule has 1 saturated carbocycles. The fraction of sp³-hybridized carbons (Fsp3) is 0.538. The van der Waals surface area contributed by atoms with Gasteiger partial charge in [-0.2, -0.15) is 0 Å². The van der Waals surface area contributed by atoms with Gasteiger partial charge < -0.3 is 10.5 Å². The van der Waals surface area contributed by atoms with Gasteiger partial charge in [-0.3, -0.25) is 4.79 Å². The van der Waals surface area contributed by atoms with Crippen molar-refractivity contribution in [1.82, 2.24) is 4.98 Å². The number of nitrogens with zero attached hydrogens (tertiary/aromatic N) is 1. The lowest BCUT2D eigenvalue weighted by atomic mass is 9.95. The molecule has 17 heavy (non-hydrogen) atoms. The minimum atomic E-state index is -0.212. The number of methoxy groups -OCH3 is 1. The van der Waals surface area contributed by atoms with E-state index < -0.39 is 0 Å². The summed E-state index contributed by atoms with van der Waals surface area (Å²) in [6.45, 7) is 1.99. The van der Waals surface area contributed by atoms with Crippen molar-refractivity contribution in [2.75, 3.05) is 7.11 Å². The van der Waals surface area contributed by atoms with Gasteiger partial charge in [-0.05, 0) is 31.2 Å². The van der Waals surface area contributed by atoms with Crippen LogP contribution in [0.15, 0.2) is 12.1 Å². The maximum Gasteiger partial charge on any atom is 0.221 e. The molecule has 2 N–H and O–H groups in total. The third-order valence-corrected chi connectivity index (χ3v) is 3.36. The largest absolute Gasteiger partial charge is 0.481 e. The van der Waals surface area contributed by atoms with E-state index in [2.05, 4.69) is 4.98 Å². The number of aryl methyl sites for hydroxylation is 1. The van der Waals surface area contributed by atoms with Crippen LogP contribution in [0.4, 0.5) is 0 Å². The number of pyridine rings is 1. The lowest BCUT2D eigenvalue weighted by Crippen LogP contribution is -2.27. The molecule has 0 bridgehead atoms. The van der Waals surface area contributed by atoms with Gasteiger partial charge in [-0.25, -0.2) is 4.98 Å². The number of carbonyl (C=O) groups is 1. The number of amides is 1. The molecule has 0 saturated heterocycles. The first-order valence-electron chi connectivity index (χ1n) is 5.91. The molecule has 4 heteroatoms. The molecule has 0 aliphatic heterocycles. The average Bonchev–Trinajstić information content (AvgIpc) is 3.11. The highest BCUT2D eigenvalue weighted by Crippen LogP contribution is 2.38. The maximum absolute atomic E-state index is 11.4. The predicted octanol–water partition coefficient (Wildman–Crippen LogP) is 1.45. The van der Waals surface area contributed by atoms with Crippen LogP contribution in [0.5, 0.6) is 5.88 Å². The zero-order valence-corrected chi connectivity index (χ0v) is 10.3. The molecule has 1 atom stereocenters. The smallest absolute Gasteiger partial charge is 0.221 e. The summed E-state index contributed by atoms with van der Waals surface area (Å²) in [6, 6.07) is 3.79. The second-order valence-corrected chi connectivity index (χ2v) is 4.67. The first-order chi connectivity index (χ1) is 8.11. The molecule has 1 heterocycles. The summed E-state index contributed by atoms with van der Waals surface area (Å²) in [6.07, 6.45) is 2.84. The van der Waals surface area contributed by atoms with Crippen LogP contribution >= 0.6 is 0 Å². The number of rotatable bonds is 5. The number of primary amides is 1. The van der Waals surface area contributed by atoms with Gasteiger partial charge >= 0.3 is 0 Å². The zero-order valence-electron chi connectivity index (χ0n) is 10.3. The summed E-state index contributed by atoms with van der Waals surface area (Å²) in [5.74, 6) is 0.759. The Balaban J connectivity index is 2.18. The van der Waals surface area contributed by atoms with Gasteiger partial charge in [0, 0.05) is 24.1 Å². The fourth-order valence-corrected chi connectivity index (χ4v) is 2.08. The van der Waals surface area contributed by atoms with Gasteiger partial charge in [-0.15, -0.1) is 0 Å². The molecule has 1 aliphatic rings. The second kappa shape index (κ2) is 4.73. The van der Waals surface area contributed by atoms with Crippen LogP contribution in [0.1, 0.15) is 24.1 Å². The Morgan fingerprint density at radius 3 is 2.82 bits per heavy atom. The highest BCUT2D eigenvalue weighted by molar-refractivity contribution is 5.77. The van der Waals surface area contributed by atoms with Gasteiger partial charge in [0.25, 0.3) is 0 Å². The Hall–Kier alpha value is -1.58. The summed E-state index contributed by atoms with van der Waals surface area (Å²) in [5, 5.41) is 0. The molecule has 1 aliphatic carbocycles. The highest BCUT2D eigenvalue weighted by atomic mass is 16.5. The van der Waals surface area contributed by atoms with Crippen LogP contribution in [-0.4, -0.2) is 18.0 Å². The van der Waals surface area contributed by atoms with Crippen molar-refractivity contribution in [3.8, 4) is 5.88 Å². The van der Waals surface area contributed by atoms with Gasteiger partial charge in [0.1, 0.15) is 0 Å². The van der Waals surface area contributed by atoms with Crippen LogP contribution in [0.3, 0.4) is 0 Å². The Labute approximate surface area is 101 Å². The van der Waals surface area contributed by atoms with Crippen LogP contribution in [0, 0.1) is 18.8 Å². The molecular formula is C13H18N2O2. The number of hydrogen-bond acceptors (Lipinski definition) is 3. The van der Waals surface area contributed by atoms with Crippen molar-refractivity contribution in [3.63, 3.8) is 0 Å². The first kappa shape index (κ1) is 11.9. The van der Waals surface area contributed by atoms with E-state index in [1.54, 1.807) is 7.11 Å². The molecule has 92 valence electrons. The highest BCUT2D eigenvalue weighted by Gasteiger charge is 2.35.